The molecule has 5 nitrogen and oxygen atoms in total. The highest BCUT2D eigenvalue weighted by atomic mass is 16.2. The molecule has 1 aliphatic carbocycles. The third-order valence-corrected chi connectivity index (χ3v) is 4.37. The van der Waals surface area contributed by atoms with Crippen LogP contribution in [0.5, 0.6) is 0 Å². The first-order valence-electron chi connectivity index (χ1n) is 7.71. The van der Waals surface area contributed by atoms with Gasteiger partial charge in [-0.3, -0.25) is 9.48 Å². The van der Waals surface area contributed by atoms with Crippen molar-refractivity contribution in [3.05, 3.63) is 18.0 Å². The number of aryl methyl sites for hydroxylation is 1. The number of aromatic nitrogens is 2. The van der Waals surface area contributed by atoms with Gasteiger partial charge in [0.1, 0.15) is 6.54 Å². The second-order valence-corrected chi connectivity index (χ2v) is 6.11. The number of amides is 1. The lowest BCUT2D eigenvalue weighted by atomic mass is 10.3. The van der Waals surface area contributed by atoms with Gasteiger partial charge in [0.2, 0.25) is 5.91 Å². The number of carbonyl (C=O) groups is 1. The van der Waals surface area contributed by atoms with E-state index in [1.54, 1.807) is 10.9 Å². The highest BCUT2D eigenvalue weighted by Gasteiger charge is 2.26. The van der Waals surface area contributed by atoms with E-state index in [-0.39, 0.29) is 5.91 Å². The Bertz CT molecular complexity index is 466. The van der Waals surface area contributed by atoms with E-state index in [0.29, 0.717) is 6.54 Å². The standard InChI is InChI=1S/C15H24N4O/c1-13-5-6-16-19(13)12-15(20)18-8-2-7-17(9-10-18)11-14-3-4-14/h5-6,14H,2-4,7-12H2,1H3. The first-order chi connectivity index (χ1) is 9.72. The fourth-order valence-electron chi connectivity index (χ4n) is 2.86. The molecule has 2 aliphatic rings. The highest BCUT2D eigenvalue weighted by molar-refractivity contribution is 5.76. The average Bonchev–Trinajstić information content (AvgIpc) is 3.20. The highest BCUT2D eigenvalue weighted by Crippen LogP contribution is 2.29. The van der Waals surface area contributed by atoms with Crippen molar-refractivity contribution in [1.29, 1.82) is 0 Å². The number of hydrogen-bond donors (Lipinski definition) is 0. The largest absolute Gasteiger partial charge is 0.340 e. The van der Waals surface area contributed by atoms with E-state index in [1.807, 2.05) is 17.9 Å². The van der Waals surface area contributed by atoms with Crippen LogP contribution >= 0.6 is 0 Å². The van der Waals surface area contributed by atoms with Gasteiger partial charge >= 0.3 is 0 Å². The van der Waals surface area contributed by atoms with Crippen LogP contribution in [0.15, 0.2) is 12.3 Å². The predicted molar refractivity (Wildman–Crippen MR) is 77.3 cm³/mol. The molecule has 1 aromatic heterocycles. The van der Waals surface area contributed by atoms with Crippen LogP contribution in [0, 0.1) is 12.8 Å². The Morgan fingerprint density at radius 1 is 1.30 bits per heavy atom. The molecular formula is C15H24N4O. The van der Waals surface area contributed by atoms with Crippen LogP contribution in [-0.4, -0.2) is 58.2 Å². The van der Waals surface area contributed by atoms with Gasteiger partial charge in [-0.25, -0.2) is 0 Å². The van der Waals surface area contributed by atoms with Crippen molar-refractivity contribution in [3.8, 4) is 0 Å². The maximum atomic E-state index is 12.4. The first-order valence-corrected chi connectivity index (χ1v) is 7.71. The molecule has 1 saturated heterocycles. The molecule has 0 radical (unpaired) electrons. The molecule has 1 aliphatic heterocycles. The fourth-order valence-corrected chi connectivity index (χ4v) is 2.86. The topological polar surface area (TPSA) is 41.4 Å². The molecule has 2 fully saturated rings. The summed E-state index contributed by atoms with van der Waals surface area (Å²) in [6, 6.07) is 1.94. The average molecular weight is 276 g/mol. The molecule has 5 heteroatoms. The van der Waals surface area contributed by atoms with Crippen LogP contribution in [0.2, 0.25) is 0 Å². The zero-order valence-corrected chi connectivity index (χ0v) is 12.3. The Morgan fingerprint density at radius 2 is 2.15 bits per heavy atom. The van der Waals surface area contributed by atoms with Gasteiger partial charge in [0.25, 0.3) is 0 Å². The third-order valence-electron chi connectivity index (χ3n) is 4.37. The van der Waals surface area contributed by atoms with Crippen molar-refractivity contribution in [1.82, 2.24) is 19.6 Å². The molecule has 1 saturated carbocycles. The number of nitrogens with zero attached hydrogens (tertiary/aromatic N) is 4. The monoisotopic (exact) mass is 276 g/mol. The van der Waals surface area contributed by atoms with Crippen molar-refractivity contribution < 1.29 is 4.79 Å². The molecular weight excluding hydrogens is 252 g/mol. The first kappa shape index (κ1) is 13.6. The summed E-state index contributed by atoms with van der Waals surface area (Å²) in [5.74, 6) is 1.13. The van der Waals surface area contributed by atoms with Crippen LogP contribution in [0.1, 0.15) is 25.0 Å². The fraction of sp³-hybridized carbons (Fsp3) is 0.733. The van der Waals surface area contributed by atoms with Gasteiger partial charge in [0.05, 0.1) is 0 Å². The van der Waals surface area contributed by atoms with Gasteiger partial charge in [-0.15, -0.1) is 0 Å². The predicted octanol–water partition coefficient (Wildman–Crippen LogP) is 1.14. The third kappa shape index (κ3) is 3.39. The van der Waals surface area contributed by atoms with Gasteiger partial charge in [-0.05, 0) is 44.7 Å². The van der Waals surface area contributed by atoms with Crippen molar-refractivity contribution in [2.45, 2.75) is 32.7 Å². The Kier molecular flexibility index (Phi) is 4.05. The summed E-state index contributed by atoms with van der Waals surface area (Å²) in [6.07, 6.45) is 5.65. The van der Waals surface area contributed by atoms with Crippen molar-refractivity contribution in [2.24, 2.45) is 5.92 Å². The van der Waals surface area contributed by atoms with Crippen molar-refractivity contribution >= 4 is 5.91 Å². The molecule has 110 valence electrons. The molecule has 0 atom stereocenters. The Balaban J connectivity index is 1.51. The van der Waals surface area contributed by atoms with Gasteiger partial charge in [-0.1, -0.05) is 0 Å². The molecule has 20 heavy (non-hydrogen) atoms. The summed E-state index contributed by atoms with van der Waals surface area (Å²) < 4.78 is 1.79. The zero-order chi connectivity index (χ0) is 13.9. The van der Waals surface area contributed by atoms with E-state index in [9.17, 15) is 4.79 Å². The minimum absolute atomic E-state index is 0.199. The van der Waals surface area contributed by atoms with Crippen molar-refractivity contribution in [3.63, 3.8) is 0 Å². The van der Waals surface area contributed by atoms with E-state index in [2.05, 4.69) is 10.00 Å². The lowest BCUT2D eigenvalue weighted by Crippen LogP contribution is -2.37. The number of hydrogen-bond acceptors (Lipinski definition) is 3. The summed E-state index contributed by atoms with van der Waals surface area (Å²) in [4.78, 5) is 16.9. The molecule has 0 unspecified atom stereocenters. The maximum Gasteiger partial charge on any atom is 0.244 e. The Hall–Kier alpha value is -1.36. The minimum Gasteiger partial charge on any atom is -0.340 e. The summed E-state index contributed by atoms with van der Waals surface area (Å²) in [5.41, 5.74) is 1.04. The Morgan fingerprint density at radius 3 is 2.85 bits per heavy atom. The van der Waals surface area contributed by atoms with Gasteiger partial charge in [0, 0.05) is 38.1 Å². The number of carbonyl (C=O) groups excluding carboxylic acids is 1. The van der Waals surface area contributed by atoms with E-state index in [0.717, 1.165) is 44.2 Å². The number of rotatable bonds is 4. The summed E-state index contributed by atoms with van der Waals surface area (Å²) in [5, 5.41) is 4.20. The molecule has 1 amide bonds. The van der Waals surface area contributed by atoms with E-state index < -0.39 is 0 Å². The van der Waals surface area contributed by atoms with E-state index in [1.165, 1.54) is 19.4 Å². The second kappa shape index (κ2) is 5.95. The van der Waals surface area contributed by atoms with Crippen LogP contribution in [0.25, 0.3) is 0 Å². The molecule has 0 spiro atoms. The van der Waals surface area contributed by atoms with E-state index in [4.69, 9.17) is 0 Å². The lowest BCUT2D eigenvalue weighted by Gasteiger charge is -2.22. The second-order valence-electron chi connectivity index (χ2n) is 6.11. The normalized spacial score (nSPS) is 20.9. The minimum atomic E-state index is 0.199. The molecule has 0 N–H and O–H groups in total. The zero-order valence-electron chi connectivity index (χ0n) is 12.3. The van der Waals surface area contributed by atoms with Crippen LogP contribution < -0.4 is 0 Å². The van der Waals surface area contributed by atoms with Gasteiger partial charge < -0.3 is 9.80 Å². The smallest absolute Gasteiger partial charge is 0.244 e. The van der Waals surface area contributed by atoms with Crippen LogP contribution in [-0.2, 0) is 11.3 Å². The summed E-state index contributed by atoms with van der Waals surface area (Å²) in [6.45, 7) is 7.52. The molecule has 3 rings (SSSR count). The molecule has 0 bridgehead atoms. The van der Waals surface area contributed by atoms with Crippen LogP contribution in [0.4, 0.5) is 0 Å². The van der Waals surface area contributed by atoms with Gasteiger partial charge in [-0.2, -0.15) is 5.10 Å². The van der Waals surface area contributed by atoms with Gasteiger partial charge in [0.15, 0.2) is 0 Å². The van der Waals surface area contributed by atoms with Crippen molar-refractivity contribution in [2.75, 3.05) is 32.7 Å². The Labute approximate surface area is 120 Å². The molecule has 2 heterocycles. The molecule has 0 aromatic carbocycles. The quantitative estimate of drug-likeness (QED) is 0.828. The maximum absolute atomic E-state index is 12.4. The summed E-state index contributed by atoms with van der Waals surface area (Å²) in [7, 11) is 0. The SMILES string of the molecule is Cc1ccnn1CC(=O)N1CCCN(CC2CC2)CC1. The van der Waals surface area contributed by atoms with E-state index >= 15 is 0 Å². The lowest BCUT2D eigenvalue weighted by molar-refractivity contribution is -0.131. The molecule has 1 aromatic rings. The summed E-state index contributed by atoms with van der Waals surface area (Å²) >= 11 is 0. The van der Waals surface area contributed by atoms with Crippen LogP contribution in [0.3, 0.4) is 0 Å².